The van der Waals surface area contributed by atoms with Crippen LogP contribution in [0.5, 0.6) is 17.2 Å². The van der Waals surface area contributed by atoms with E-state index in [0.717, 1.165) is 0 Å². The van der Waals surface area contributed by atoms with Gasteiger partial charge in [0, 0.05) is 38.0 Å². The van der Waals surface area contributed by atoms with Crippen LogP contribution >= 0.6 is 24.0 Å². The lowest BCUT2D eigenvalue weighted by Crippen LogP contribution is -2.37. The molecule has 0 unspecified atom stereocenters. The predicted octanol–water partition coefficient (Wildman–Crippen LogP) is 1.73. The van der Waals surface area contributed by atoms with Gasteiger partial charge in [-0.25, -0.2) is 8.42 Å². The lowest BCUT2D eigenvalue weighted by Gasteiger charge is -2.15. The third-order valence-electron chi connectivity index (χ3n) is 3.43. The zero-order chi connectivity index (χ0) is 19.2. The van der Waals surface area contributed by atoms with Crippen molar-refractivity contribution in [1.82, 2.24) is 10.6 Å². The number of alkyl halides is 2. The number of ether oxygens (including phenoxy) is 3. The quantitative estimate of drug-likeness (QED) is 0.233. The van der Waals surface area contributed by atoms with Crippen molar-refractivity contribution in [2.75, 3.05) is 32.4 Å². The van der Waals surface area contributed by atoms with Crippen LogP contribution in [0, 0.1) is 0 Å². The average molecular weight is 521 g/mol. The average Bonchev–Trinajstić information content (AvgIpc) is 2.99. The molecule has 0 spiro atoms. The van der Waals surface area contributed by atoms with Crippen molar-refractivity contribution in [3.05, 3.63) is 17.7 Å². The van der Waals surface area contributed by atoms with Crippen LogP contribution in [-0.2, 0) is 16.4 Å². The Labute approximate surface area is 173 Å². The number of hydrogen-bond acceptors (Lipinski definition) is 6. The van der Waals surface area contributed by atoms with Crippen molar-refractivity contribution in [1.29, 1.82) is 0 Å². The Morgan fingerprint density at radius 1 is 1.30 bits per heavy atom. The fourth-order valence-corrected chi connectivity index (χ4v) is 2.92. The molecule has 27 heavy (non-hydrogen) atoms. The first-order valence-corrected chi connectivity index (χ1v) is 9.84. The Morgan fingerprint density at radius 3 is 2.56 bits per heavy atom. The predicted molar refractivity (Wildman–Crippen MR) is 107 cm³/mol. The summed E-state index contributed by atoms with van der Waals surface area (Å²) in [6, 6.07) is 2.91. The molecular weight excluding hydrogens is 499 g/mol. The van der Waals surface area contributed by atoms with Gasteiger partial charge in [-0.1, -0.05) is 0 Å². The highest BCUT2D eigenvalue weighted by molar-refractivity contribution is 14.0. The fourth-order valence-electron chi connectivity index (χ4n) is 2.25. The minimum Gasteiger partial charge on any atom is -0.454 e. The summed E-state index contributed by atoms with van der Waals surface area (Å²) in [5.41, 5.74) is 0.439. The van der Waals surface area contributed by atoms with Crippen molar-refractivity contribution < 1.29 is 31.4 Å². The van der Waals surface area contributed by atoms with Crippen LogP contribution in [0.3, 0.4) is 0 Å². The molecule has 0 bridgehead atoms. The second-order valence-corrected chi connectivity index (χ2v) is 7.79. The summed E-state index contributed by atoms with van der Waals surface area (Å²) < 4.78 is 62.4. The topological polar surface area (TPSA) is 98.3 Å². The van der Waals surface area contributed by atoms with Gasteiger partial charge >= 0.3 is 6.61 Å². The summed E-state index contributed by atoms with van der Waals surface area (Å²) in [6.07, 6.45) is 1.59. The van der Waals surface area contributed by atoms with Crippen LogP contribution in [0.4, 0.5) is 8.78 Å². The van der Waals surface area contributed by atoms with Crippen LogP contribution in [-0.4, -0.2) is 53.4 Å². The summed E-state index contributed by atoms with van der Waals surface area (Å²) in [5, 5.41) is 5.91. The number of sulfone groups is 1. The normalized spacial score (nSPS) is 13.3. The maximum absolute atomic E-state index is 12.6. The Morgan fingerprint density at radius 2 is 1.96 bits per heavy atom. The highest BCUT2D eigenvalue weighted by atomic mass is 127. The highest BCUT2D eigenvalue weighted by Gasteiger charge is 2.20. The Kier molecular flexibility index (Phi) is 9.29. The maximum Gasteiger partial charge on any atom is 0.387 e. The van der Waals surface area contributed by atoms with E-state index in [9.17, 15) is 17.2 Å². The van der Waals surface area contributed by atoms with Crippen molar-refractivity contribution >= 4 is 39.8 Å². The number of aliphatic imine (C=N–C) groups is 1. The molecule has 0 atom stereocenters. The van der Waals surface area contributed by atoms with E-state index in [4.69, 9.17) is 9.47 Å². The first kappa shape index (κ1) is 23.5. The number of nitrogens with one attached hydrogen (secondary N) is 2. The van der Waals surface area contributed by atoms with Gasteiger partial charge in [0.2, 0.25) is 6.79 Å². The molecule has 0 aliphatic carbocycles. The standard InChI is InChI=1S/C15H21F2N3O5S.HI/c1-18-15(19-4-3-5-26(2,21)22)20-8-10-6-12-13(24-9-23-12)7-11(10)25-14(16)17;/h6-7,14H,3-5,8-9H2,1-2H3,(H2,18,19,20);1H. The van der Waals surface area contributed by atoms with Gasteiger partial charge in [-0.05, 0) is 12.5 Å². The van der Waals surface area contributed by atoms with Crippen LogP contribution in [0.2, 0.25) is 0 Å². The molecule has 1 aliphatic rings. The number of halogens is 3. The zero-order valence-corrected chi connectivity index (χ0v) is 18.0. The largest absolute Gasteiger partial charge is 0.454 e. The highest BCUT2D eigenvalue weighted by Crippen LogP contribution is 2.38. The van der Waals surface area contributed by atoms with E-state index in [1.54, 1.807) is 13.1 Å². The number of fused-ring (bicyclic) bond motifs is 1. The second-order valence-electron chi connectivity index (χ2n) is 5.53. The molecule has 1 heterocycles. The van der Waals surface area contributed by atoms with Crippen molar-refractivity contribution in [3.63, 3.8) is 0 Å². The zero-order valence-electron chi connectivity index (χ0n) is 14.8. The van der Waals surface area contributed by atoms with E-state index in [1.807, 2.05) is 0 Å². The van der Waals surface area contributed by atoms with Crippen molar-refractivity contribution in [2.45, 2.75) is 19.6 Å². The summed E-state index contributed by atoms with van der Waals surface area (Å²) in [4.78, 5) is 4.00. The van der Waals surface area contributed by atoms with E-state index in [0.29, 0.717) is 36.0 Å². The van der Waals surface area contributed by atoms with Gasteiger partial charge in [0.05, 0.1) is 5.75 Å². The Balaban J connectivity index is 0.00000364. The number of guanidine groups is 1. The van der Waals surface area contributed by atoms with Crippen molar-refractivity contribution in [3.8, 4) is 17.2 Å². The molecule has 2 rings (SSSR count). The van der Waals surface area contributed by atoms with E-state index < -0.39 is 16.4 Å². The molecule has 12 heteroatoms. The molecule has 0 saturated heterocycles. The Bertz CT molecular complexity index is 762. The third kappa shape index (κ3) is 7.91. The van der Waals surface area contributed by atoms with Crippen LogP contribution in [0.15, 0.2) is 17.1 Å². The summed E-state index contributed by atoms with van der Waals surface area (Å²) in [5.74, 6) is 1.22. The first-order valence-electron chi connectivity index (χ1n) is 7.78. The van der Waals surface area contributed by atoms with E-state index in [-0.39, 0.29) is 48.8 Å². The Hall–Kier alpha value is -1.57. The smallest absolute Gasteiger partial charge is 0.387 e. The summed E-state index contributed by atoms with van der Waals surface area (Å²) in [7, 11) is -1.48. The van der Waals surface area contributed by atoms with Gasteiger partial charge in [-0.3, -0.25) is 4.99 Å². The number of rotatable bonds is 8. The van der Waals surface area contributed by atoms with Crippen LogP contribution < -0.4 is 24.8 Å². The minimum atomic E-state index is -3.02. The minimum absolute atomic E-state index is 0. The van der Waals surface area contributed by atoms with Crippen molar-refractivity contribution in [2.24, 2.45) is 4.99 Å². The second kappa shape index (κ2) is 10.7. The van der Waals surface area contributed by atoms with Gasteiger partial charge in [0.15, 0.2) is 17.5 Å². The summed E-state index contributed by atoms with van der Waals surface area (Å²) >= 11 is 0. The van der Waals surface area contributed by atoms with Gasteiger partial charge in [0.1, 0.15) is 15.6 Å². The molecule has 2 N–H and O–H groups in total. The maximum atomic E-state index is 12.6. The lowest BCUT2D eigenvalue weighted by molar-refractivity contribution is -0.0505. The molecule has 1 aromatic rings. The third-order valence-corrected chi connectivity index (χ3v) is 4.46. The van der Waals surface area contributed by atoms with E-state index in [2.05, 4.69) is 20.4 Å². The number of hydrogen-bond donors (Lipinski definition) is 2. The molecule has 0 saturated carbocycles. The van der Waals surface area contributed by atoms with Gasteiger partial charge in [0.25, 0.3) is 0 Å². The molecule has 8 nitrogen and oxygen atoms in total. The van der Waals surface area contributed by atoms with E-state index >= 15 is 0 Å². The van der Waals surface area contributed by atoms with Gasteiger partial charge in [-0.2, -0.15) is 8.78 Å². The molecule has 0 fully saturated rings. The van der Waals surface area contributed by atoms with Crippen LogP contribution in [0.1, 0.15) is 12.0 Å². The molecule has 1 aliphatic heterocycles. The monoisotopic (exact) mass is 521 g/mol. The van der Waals surface area contributed by atoms with Gasteiger partial charge < -0.3 is 24.8 Å². The van der Waals surface area contributed by atoms with Gasteiger partial charge in [-0.15, -0.1) is 24.0 Å². The SMILES string of the molecule is CN=C(NCCCS(C)(=O)=O)NCc1cc2c(cc1OC(F)F)OCO2.I. The molecule has 0 amide bonds. The molecule has 0 aromatic heterocycles. The number of benzene rings is 1. The van der Waals surface area contributed by atoms with Crippen LogP contribution in [0.25, 0.3) is 0 Å². The molecule has 0 radical (unpaired) electrons. The summed E-state index contributed by atoms with van der Waals surface area (Å²) in [6.45, 7) is -2.41. The number of nitrogens with zero attached hydrogens (tertiary/aromatic N) is 1. The molecule has 1 aromatic carbocycles. The fraction of sp³-hybridized carbons (Fsp3) is 0.533. The lowest BCUT2D eigenvalue weighted by atomic mass is 10.1. The molecule has 154 valence electrons. The molecular formula is C15H22F2IN3O5S. The first-order chi connectivity index (χ1) is 12.3. The van der Waals surface area contributed by atoms with E-state index in [1.165, 1.54) is 12.3 Å².